The second kappa shape index (κ2) is 10.7. The van der Waals surface area contributed by atoms with Crippen LogP contribution in [0.2, 0.25) is 10.0 Å². The zero-order valence-corrected chi connectivity index (χ0v) is 22.1. The first-order chi connectivity index (χ1) is 17.7. The Labute approximate surface area is 225 Å². The molecule has 3 aromatic rings. The first kappa shape index (κ1) is 28.1. The molecule has 1 fully saturated rings. The van der Waals surface area contributed by atoms with Crippen molar-refractivity contribution in [3.8, 4) is 11.7 Å². The summed E-state index contributed by atoms with van der Waals surface area (Å²) in [5.41, 5.74) is 0.888. The van der Waals surface area contributed by atoms with Gasteiger partial charge >= 0.3 is 6.18 Å². The monoisotopic (exact) mass is 589 g/mol. The van der Waals surface area contributed by atoms with Crippen LogP contribution in [0.25, 0.3) is 5.82 Å². The number of pyridine rings is 1. The van der Waals surface area contributed by atoms with Crippen molar-refractivity contribution in [1.82, 2.24) is 14.8 Å². The summed E-state index contributed by atoms with van der Waals surface area (Å²) >= 11 is 12.4. The van der Waals surface area contributed by atoms with E-state index in [1.165, 1.54) is 24.4 Å². The summed E-state index contributed by atoms with van der Waals surface area (Å²) in [4.78, 5) is 30.6. The van der Waals surface area contributed by atoms with Gasteiger partial charge in [0.05, 0.1) is 16.5 Å². The standard InChI is InChI=1S/C24H20Cl2F3N3O5S/c1-13-5-15(25)7-17(20(33)6-14-10-38(35,36)11-14)16(13)8-21(34)19-9-22(37-12-24(27,28)29)31-32(19)23-18(26)3-2-4-30-23/h2-5,7,9,14H,6,8,10-12H2,1H3. The molecule has 0 amide bonds. The zero-order chi connectivity index (χ0) is 27.8. The van der Waals surface area contributed by atoms with Gasteiger partial charge in [-0.2, -0.15) is 13.2 Å². The molecule has 4 rings (SSSR count). The van der Waals surface area contributed by atoms with Crippen molar-refractivity contribution < 1.29 is 35.9 Å². The molecule has 3 heterocycles. The van der Waals surface area contributed by atoms with E-state index in [1.54, 1.807) is 13.0 Å². The van der Waals surface area contributed by atoms with Gasteiger partial charge in [-0.3, -0.25) is 9.59 Å². The van der Waals surface area contributed by atoms with Gasteiger partial charge in [0, 0.05) is 35.7 Å². The van der Waals surface area contributed by atoms with Gasteiger partial charge in [-0.1, -0.05) is 23.2 Å². The molecule has 0 aliphatic carbocycles. The van der Waals surface area contributed by atoms with E-state index in [4.69, 9.17) is 27.9 Å². The Morgan fingerprint density at radius 1 is 1.16 bits per heavy atom. The number of sulfone groups is 1. The first-order valence-electron chi connectivity index (χ1n) is 11.2. The fourth-order valence-corrected chi connectivity index (χ4v) is 6.19. The SMILES string of the molecule is Cc1cc(Cl)cc(C(=O)CC2CS(=O)(=O)C2)c1CC(=O)c1cc(OCC(F)(F)F)nn1-c1ncccc1Cl. The molecule has 0 atom stereocenters. The van der Waals surface area contributed by atoms with E-state index in [0.717, 1.165) is 10.7 Å². The Kier molecular flexibility index (Phi) is 7.87. The number of Topliss-reactive ketones (excluding diaryl/α,β-unsaturated/α-hetero) is 2. The Balaban J connectivity index is 1.68. The minimum Gasteiger partial charge on any atom is -0.467 e. The molecule has 0 spiro atoms. The summed E-state index contributed by atoms with van der Waals surface area (Å²) < 4.78 is 66.8. The van der Waals surface area contributed by atoms with Crippen molar-refractivity contribution in [3.05, 3.63) is 69.0 Å². The fourth-order valence-electron chi connectivity index (χ4n) is 4.15. The van der Waals surface area contributed by atoms with Crippen molar-refractivity contribution >= 4 is 44.6 Å². The summed E-state index contributed by atoms with van der Waals surface area (Å²) in [6, 6.07) is 7.03. The lowest BCUT2D eigenvalue weighted by Crippen LogP contribution is -2.37. The van der Waals surface area contributed by atoms with E-state index >= 15 is 0 Å². The van der Waals surface area contributed by atoms with E-state index in [2.05, 4.69) is 10.1 Å². The minimum absolute atomic E-state index is 0.00491. The molecule has 2 aromatic heterocycles. The molecule has 202 valence electrons. The van der Waals surface area contributed by atoms with E-state index in [1.807, 2.05) is 0 Å². The van der Waals surface area contributed by atoms with Gasteiger partial charge in [-0.05, 0) is 48.2 Å². The number of alkyl halides is 3. The molecule has 1 saturated heterocycles. The van der Waals surface area contributed by atoms with E-state index in [0.29, 0.717) is 11.1 Å². The smallest absolute Gasteiger partial charge is 0.422 e. The van der Waals surface area contributed by atoms with Gasteiger partial charge in [0.25, 0.3) is 0 Å². The Hall–Kier alpha value is -2.96. The van der Waals surface area contributed by atoms with Crippen LogP contribution in [0.15, 0.2) is 36.5 Å². The maximum Gasteiger partial charge on any atom is 0.422 e. The Morgan fingerprint density at radius 3 is 2.50 bits per heavy atom. The van der Waals surface area contributed by atoms with Crippen molar-refractivity contribution in [3.63, 3.8) is 0 Å². The molecule has 38 heavy (non-hydrogen) atoms. The normalized spacial score (nSPS) is 15.2. The zero-order valence-electron chi connectivity index (χ0n) is 19.8. The van der Waals surface area contributed by atoms with E-state index in [-0.39, 0.29) is 63.2 Å². The van der Waals surface area contributed by atoms with Crippen LogP contribution in [0, 0.1) is 12.8 Å². The highest BCUT2D eigenvalue weighted by Crippen LogP contribution is 2.29. The predicted molar refractivity (Wildman–Crippen MR) is 133 cm³/mol. The lowest BCUT2D eigenvalue weighted by Gasteiger charge is -2.25. The van der Waals surface area contributed by atoms with Crippen molar-refractivity contribution in [2.45, 2.75) is 25.9 Å². The van der Waals surface area contributed by atoms with Crippen LogP contribution in [-0.4, -0.2) is 59.0 Å². The molecule has 14 heteroatoms. The third-order valence-corrected chi connectivity index (χ3v) is 8.30. The van der Waals surface area contributed by atoms with Gasteiger partial charge < -0.3 is 4.74 Å². The van der Waals surface area contributed by atoms with Crippen LogP contribution in [0.5, 0.6) is 5.88 Å². The number of carbonyl (C=O) groups is 2. The lowest BCUT2D eigenvalue weighted by atomic mass is 9.91. The van der Waals surface area contributed by atoms with Crippen LogP contribution in [-0.2, 0) is 16.3 Å². The number of carbonyl (C=O) groups excluding carboxylic acids is 2. The van der Waals surface area contributed by atoms with E-state index in [9.17, 15) is 31.2 Å². The number of nitrogens with zero attached hydrogens (tertiary/aromatic N) is 3. The number of ketones is 2. The first-order valence-corrected chi connectivity index (χ1v) is 13.8. The van der Waals surface area contributed by atoms with Gasteiger partial charge in [0.1, 0.15) is 5.69 Å². The number of aryl methyl sites for hydroxylation is 1. The number of halogens is 5. The number of aromatic nitrogens is 3. The second-order valence-electron chi connectivity index (χ2n) is 8.91. The molecule has 1 aliphatic heterocycles. The molecular weight excluding hydrogens is 570 g/mol. The molecule has 0 radical (unpaired) electrons. The maximum absolute atomic E-state index is 13.5. The summed E-state index contributed by atoms with van der Waals surface area (Å²) in [6.45, 7) is 0.0310. The van der Waals surface area contributed by atoms with Gasteiger partial charge in [0.2, 0.25) is 5.88 Å². The Bertz CT molecular complexity index is 1510. The van der Waals surface area contributed by atoms with Crippen LogP contribution in [0.1, 0.15) is 38.4 Å². The number of hydrogen-bond acceptors (Lipinski definition) is 7. The molecule has 1 aromatic carbocycles. The Morgan fingerprint density at radius 2 is 1.87 bits per heavy atom. The second-order valence-corrected chi connectivity index (χ2v) is 11.9. The highest BCUT2D eigenvalue weighted by Gasteiger charge is 2.35. The van der Waals surface area contributed by atoms with Gasteiger partial charge in [0.15, 0.2) is 33.8 Å². The summed E-state index contributed by atoms with van der Waals surface area (Å²) in [6.07, 6.45) is -3.63. The number of hydrogen-bond donors (Lipinski definition) is 0. The van der Waals surface area contributed by atoms with Gasteiger partial charge in [-0.25, -0.2) is 18.1 Å². The fraction of sp³-hybridized carbons (Fsp3) is 0.333. The quantitative estimate of drug-likeness (QED) is 0.328. The van der Waals surface area contributed by atoms with Crippen LogP contribution in [0.4, 0.5) is 13.2 Å². The van der Waals surface area contributed by atoms with Crippen LogP contribution >= 0.6 is 23.2 Å². The highest BCUT2D eigenvalue weighted by molar-refractivity contribution is 7.92. The van der Waals surface area contributed by atoms with Crippen LogP contribution < -0.4 is 4.74 Å². The molecule has 0 bridgehead atoms. The third-order valence-electron chi connectivity index (χ3n) is 5.82. The largest absolute Gasteiger partial charge is 0.467 e. The molecule has 0 N–H and O–H groups in total. The molecule has 1 aliphatic rings. The molecular formula is C24H20Cl2F3N3O5S. The lowest BCUT2D eigenvalue weighted by molar-refractivity contribution is -0.154. The third kappa shape index (κ3) is 6.54. The maximum atomic E-state index is 13.5. The van der Waals surface area contributed by atoms with Crippen LogP contribution in [0.3, 0.4) is 0 Å². The van der Waals surface area contributed by atoms with Crippen molar-refractivity contribution in [1.29, 1.82) is 0 Å². The van der Waals surface area contributed by atoms with E-state index < -0.39 is 34.3 Å². The average Bonchev–Trinajstić information content (AvgIpc) is 3.22. The van der Waals surface area contributed by atoms with Crippen molar-refractivity contribution in [2.75, 3.05) is 18.1 Å². The summed E-state index contributed by atoms with van der Waals surface area (Å²) in [5.74, 6) is -1.94. The number of rotatable bonds is 9. The topological polar surface area (TPSA) is 108 Å². The molecule has 8 nitrogen and oxygen atoms in total. The predicted octanol–water partition coefficient (Wildman–Crippen LogP) is 4.87. The number of ether oxygens (including phenoxy) is 1. The molecule has 0 saturated carbocycles. The van der Waals surface area contributed by atoms with Crippen molar-refractivity contribution in [2.24, 2.45) is 5.92 Å². The molecule has 0 unspecified atom stereocenters. The number of benzene rings is 1. The average molecular weight is 590 g/mol. The summed E-state index contributed by atoms with van der Waals surface area (Å²) in [5, 5.41) is 4.30. The summed E-state index contributed by atoms with van der Waals surface area (Å²) in [7, 11) is -3.13. The minimum atomic E-state index is -4.63. The highest BCUT2D eigenvalue weighted by atomic mass is 35.5. The van der Waals surface area contributed by atoms with Gasteiger partial charge in [-0.15, -0.1) is 5.10 Å².